The van der Waals surface area contributed by atoms with Crippen LogP contribution < -0.4 is 0 Å². The summed E-state index contributed by atoms with van der Waals surface area (Å²) in [7, 11) is 0. The molecule has 0 amide bonds. The van der Waals surface area contributed by atoms with Crippen molar-refractivity contribution in [1.82, 2.24) is 10.2 Å². The van der Waals surface area contributed by atoms with Gasteiger partial charge in [0, 0.05) is 15.9 Å². The van der Waals surface area contributed by atoms with Crippen molar-refractivity contribution < 1.29 is 9.15 Å². The zero-order valence-corrected chi connectivity index (χ0v) is 8.24. The van der Waals surface area contributed by atoms with Gasteiger partial charge in [-0.1, -0.05) is 0 Å². The SMILES string of the molecule is CC1CCC(c2nnc(Br)o2)O1. The molecule has 1 aromatic rings. The average Bonchev–Trinajstić information content (AvgIpc) is 2.58. The Morgan fingerprint density at radius 3 is 2.75 bits per heavy atom. The molecule has 0 spiro atoms. The molecule has 0 aromatic carbocycles. The number of aromatic nitrogens is 2. The summed E-state index contributed by atoms with van der Waals surface area (Å²) in [6.45, 7) is 2.05. The molecule has 0 aliphatic carbocycles. The van der Waals surface area contributed by atoms with E-state index in [1.54, 1.807) is 0 Å². The van der Waals surface area contributed by atoms with Gasteiger partial charge in [-0.15, -0.1) is 10.2 Å². The first-order valence-electron chi connectivity index (χ1n) is 3.90. The highest BCUT2D eigenvalue weighted by atomic mass is 79.9. The van der Waals surface area contributed by atoms with Crippen LogP contribution in [0.2, 0.25) is 0 Å². The molecule has 2 rings (SSSR count). The third kappa shape index (κ3) is 1.51. The Morgan fingerprint density at radius 1 is 1.42 bits per heavy atom. The lowest BCUT2D eigenvalue weighted by molar-refractivity contribution is 0.0385. The lowest BCUT2D eigenvalue weighted by Crippen LogP contribution is -2.01. The smallest absolute Gasteiger partial charge is 0.284 e. The van der Waals surface area contributed by atoms with Gasteiger partial charge in [-0.05, 0) is 19.8 Å². The van der Waals surface area contributed by atoms with E-state index in [2.05, 4.69) is 26.1 Å². The quantitative estimate of drug-likeness (QED) is 0.744. The Balaban J connectivity index is 2.11. The van der Waals surface area contributed by atoms with E-state index in [4.69, 9.17) is 9.15 Å². The Hall–Kier alpha value is -0.420. The summed E-state index contributed by atoms with van der Waals surface area (Å²) >= 11 is 3.10. The summed E-state index contributed by atoms with van der Waals surface area (Å²) in [6.07, 6.45) is 2.33. The molecule has 2 heterocycles. The molecule has 5 heteroatoms. The van der Waals surface area contributed by atoms with Gasteiger partial charge in [0.05, 0.1) is 6.10 Å². The van der Waals surface area contributed by atoms with Crippen molar-refractivity contribution in [2.45, 2.75) is 32.0 Å². The highest BCUT2D eigenvalue weighted by molar-refractivity contribution is 9.10. The van der Waals surface area contributed by atoms with Crippen molar-refractivity contribution in [1.29, 1.82) is 0 Å². The Morgan fingerprint density at radius 2 is 2.25 bits per heavy atom. The molecule has 1 saturated heterocycles. The van der Waals surface area contributed by atoms with E-state index < -0.39 is 0 Å². The molecule has 12 heavy (non-hydrogen) atoms. The molecule has 0 radical (unpaired) electrons. The molecule has 0 bridgehead atoms. The average molecular weight is 233 g/mol. The van der Waals surface area contributed by atoms with Gasteiger partial charge < -0.3 is 9.15 Å². The van der Waals surface area contributed by atoms with Crippen molar-refractivity contribution in [3.05, 3.63) is 10.7 Å². The summed E-state index contributed by atoms with van der Waals surface area (Å²) in [5, 5.41) is 7.55. The van der Waals surface area contributed by atoms with Gasteiger partial charge in [0.2, 0.25) is 5.89 Å². The molecule has 0 N–H and O–H groups in total. The van der Waals surface area contributed by atoms with Crippen LogP contribution in [0.15, 0.2) is 9.22 Å². The zero-order chi connectivity index (χ0) is 8.55. The second-order valence-corrected chi connectivity index (χ2v) is 3.58. The fourth-order valence-corrected chi connectivity index (χ4v) is 1.58. The Labute approximate surface area is 78.4 Å². The van der Waals surface area contributed by atoms with Crippen LogP contribution in [0.3, 0.4) is 0 Å². The van der Waals surface area contributed by atoms with E-state index >= 15 is 0 Å². The summed E-state index contributed by atoms with van der Waals surface area (Å²) in [5.41, 5.74) is 0. The third-order valence-corrected chi connectivity index (χ3v) is 2.24. The monoisotopic (exact) mass is 232 g/mol. The van der Waals surface area contributed by atoms with Gasteiger partial charge in [0.25, 0.3) is 4.80 Å². The standard InChI is InChI=1S/C7H9BrN2O2/c1-4-2-3-5(11-4)6-9-10-7(8)12-6/h4-5H,2-3H2,1H3. The maximum atomic E-state index is 5.54. The van der Waals surface area contributed by atoms with E-state index in [0.717, 1.165) is 12.8 Å². The van der Waals surface area contributed by atoms with Gasteiger partial charge in [0.15, 0.2) is 0 Å². The van der Waals surface area contributed by atoms with Gasteiger partial charge in [-0.2, -0.15) is 0 Å². The molecule has 2 unspecified atom stereocenters. The van der Waals surface area contributed by atoms with Gasteiger partial charge in [0.1, 0.15) is 6.10 Å². The maximum absolute atomic E-state index is 5.54. The van der Waals surface area contributed by atoms with E-state index in [0.29, 0.717) is 16.8 Å². The number of rotatable bonds is 1. The first-order chi connectivity index (χ1) is 5.75. The Kier molecular flexibility index (Phi) is 2.14. The molecule has 1 aliphatic rings. The van der Waals surface area contributed by atoms with Crippen LogP contribution in [-0.4, -0.2) is 16.3 Å². The van der Waals surface area contributed by atoms with Crippen LogP contribution in [0.1, 0.15) is 31.8 Å². The molecule has 66 valence electrons. The topological polar surface area (TPSA) is 48.2 Å². The molecule has 4 nitrogen and oxygen atoms in total. The fourth-order valence-electron chi connectivity index (χ4n) is 1.33. The molecule has 1 fully saturated rings. The number of nitrogens with zero attached hydrogens (tertiary/aromatic N) is 2. The summed E-state index contributed by atoms with van der Waals surface area (Å²) in [4.78, 5) is 0.417. The first-order valence-corrected chi connectivity index (χ1v) is 4.69. The van der Waals surface area contributed by atoms with Crippen LogP contribution in [0.25, 0.3) is 0 Å². The highest BCUT2D eigenvalue weighted by Crippen LogP contribution is 2.31. The second-order valence-electron chi connectivity index (χ2n) is 2.91. The number of halogens is 1. The molecular formula is C7H9BrN2O2. The van der Waals surface area contributed by atoms with E-state index in [9.17, 15) is 0 Å². The number of ether oxygens (including phenoxy) is 1. The van der Waals surface area contributed by atoms with Gasteiger partial charge in [-0.3, -0.25) is 0 Å². The minimum absolute atomic E-state index is 0.00111. The summed E-state index contributed by atoms with van der Waals surface area (Å²) < 4.78 is 10.7. The van der Waals surface area contributed by atoms with Crippen molar-refractivity contribution >= 4 is 15.9 Å². The van der Waals surface area contributed by atoms with Crippen LogP contribution in [0.4, 0.5) is 0 Å². The summed E-state index contributed by atoms with van der Waals surface area (Å²) in [5.74, 6) is 0.575. The number of hydrogen-bond acceptors (Lipinski definition) is 4. The largest absolute Gasteiger partial charge is 0.413 e. The molecule has 1 aromatic heterocycles. The van der Waals surface area contributed by atoms with Gasteiger partial charge >= 0.3 is 0 Å². The van der Waals surface area contributed by atoms with Gasteiger partial charge in [-0.25, -0.2) is 0 Å². The van der Waals surface area contributed by atoms with E-state index in [1.807, 2.05) is 6.92 Å². The van der Waals surface area contributed by atoms with Crippen LogP contribution >= 0.6 is 15.9 Å². The first kappa shape index (κ1) is 8.19. The van der Waals surface area contributed by atoms with Crippen molar-refractivity contribution in [3.63, 3.8) is 0 Å². The predicted octanol–water partition coefficient (Wildman–Crippen LogP) is 2.07. The molecule has 1 aliphatic heterocycles. The Bertz CT molecular complexity index is 276. The normalized spacial score (nSPS) is 29.5. The van der Waals surface area contributed by atoms with Crippen LogP contribution in [0.5, 0.6) is 0 Å². The van der Waals surface area contributed by atoms with E-state index in [1.165, 1.54) is 0 Å². The highest BCUT2D eigenvalue weighted by Gasteiger charge is 2.27. The minimum Gasteiger partial charge on any atom is -0.413 e. The van der Waals surface area contributed by atoms with Crippen molar-refractivity contribution in [2.24, 2.45) is 0 Å². The number of hydrogen-bond donors (Lipinski definition) is 0. The van der Waals surface area contributed by atoms with Crippen molar-refractivity contribution in [2.75, 3.05) is 0 Å². The molecule has 0 saturated carbocycles. The predicted molar refractivity (Wildman–Crippen MR) is 44.5 cm³/mol. The fraction of sp³-hybridized carbons (Fsp3) is 0.714. The van der Waals surface area contributed by atoms with Crippen LogP contribution in [-0.2, 0) is 4.74 Å². The lowest BCUT2D eigenvalue weighted by atomic mass is 10.2. The van der Waals surface area contributed by atoms with E-state index in [-0.39, 0.29) is 6.10 Å². The van der Waals surface area contributed by atoms with Crippen LogP contribution in [0, 0.1) is 0 Å². The lowest BCUT2D eigenvalue weighted by Gasteiger charge is -2.04. The second kappa shape index (κ2) is 3.14. The zero-order valence-electron chi connectivity index (χ0n) is 6.66. The molecular weight excluding hydrogens is 224 g/mol. The maximum Gasteiger partial charge on any atom is 0.284 e. The molecule has 2 atom stereocenters. The minimum atomic E-state index is -0.00111. The third-order valence-electron chi connectivity index (χ3n) is 1.92. The van der Waals surface area contributed by atoms with Crippen molar-refractivity contribution in [3.8, 4) is 0 Å². The summed E-state index contributed by atoms with van der Waals surface area (Å²) in [6, 6.07) is 0.